The summed E-state index contributed by atoms with van der Waals surface area (Å²) in [5.41, 5.74) is 2.75. The van der Waals surface area contributed by atoms with Crippen molar-refractivity contribution in [2.75, 3.05) is 0 Å². The molecule has 0 bridgehead atoms. The van der Waals surface area contributed by atoms with E-state index < -0.39 is 0 Å². The maximum Gasteiger partial charge on any atom is 0.0981 e. The molecule has 0 aromatic heterocycles. The highest BCUT2D eigenvalue weighted by molar-refractivity contribution is 5.30. The van der Waals surface area contributed by atoms with Crippen LogP contribution in [0.3, 0.4) is 0 Å². The summed E-state index contributed by atoms with van der Waals surface area (Å²) in [4.78, 5) is 2.24. The van der Waals surface area contributed by atoms with Crippen LogP contribution in [0.25, 0.3) is 0 Å². The fourth-order valence-electron chi connectivity index (χ4n) is 2.01. The molecule has 1 aliphatic rings. The lowest BCUT2D eigenvalue weighted by atomic mass is 10.1. The van der Waals surface area contributed by atoms with Crippen molar-refractivity contribution < 1.29 is 0 Å². The van der Waals surface area contributed by atoms with Crippen LogP contribution in [0.1, 0.15) is 24.5 Å². The van der Waals surface area contributed by atoms with E-state index in [4.69, 9.17) is 5.26 Å². The second-order valence-corrected chi connectivity index (χ2v) is 3.73. The summed E-state index contributed by atoms with van der Waals surface area (Å²) < 4.78 is 0. The molecule has 2 heteroatoms. The van der Waals surface area contributed by atoms with Crippen LogP contribution >= 0.6 is 0 Å². The molecule has 0 amide bonds. The summed E-state index contributed by atoms with van der Waals surface area (Å²) in [6, 6.07) is 10.9. The van der Waals surface area contributed by atoms with Crippen molar-refractivity contribution in [2.45, 2.75) is 32.5 Å². The minimum absolute atomic E-state index is 0.0717. The van der Waals surface area contributed by atoms with Gasteiger partial charge < -0.3 is 0 Å². The molecule has 1 aliphatic heterocycles. The van der Waals surface area contributed by atoms with E-state index in [-0.39, 0.29) is 6.04 Å². The Hall–Kier alpha value is -1.33. The second kappa shape index (κ2) is 3.81. The number of hydrogen-bond acceptors (Lipinski definition) is 2. The van der Waals surface area contributed by atoms with Crippen molar-refractivity contribution in [3.63, 3.8) is 0 Å². The highest BCUT2D eigenvalue weighted by Gasteiger charge is 2.23. The Labute approximate surface area is 84.8 Å². The van der Waals surface area contributed by atoms with E-state index in [1.807, 2.05) is 0 Å². The van der Waals surface area contributed by atoms with Gasteiger partial charge in [0.1, 0.15) is 0 Å². The number of rotatable bonds is 2. The normalized spacial score (nSPS) is 17.4. The van der Waals surface area contributed by atoms with Crippen LogP contribution in [0.5, 0.6) is 0 Å². The first-order chi connectivity index (χ1) is 6.85. The van der Waals surface area contributed by atoms with Gasteiger partial charge in [0.25, 0.3) is 0 Å². The van der Waals surface area contributed by atoms with Crippen LogP contribution in [0, 0.1) is 11.3 Å². The summed E-state index contributed by atoms with van der Waals surface area (Å²) >= 11 is 0. The predicted molar refractivity (Wildman–Crippen MR) is 55.4 cm³/mol. The molecule has 0 saturated carbocycles. The van der Waals surface area contributed by atoms with Crippen molar-refractivity contribution in [3.05, 3.63) is 35.4 Å². The summed E-state index contributed by atoms with van der Waals surface area (Å²) in [6.07, 6.45) is 0.907. The van der Waals surface area contributed by atoms with Gasteiger partial charge in [-0.25, -0.2) is 0 Å². The molecule has 1 atom stereocenters. The van der Waals surface area contributed by atoms with Crippen LogP contribution in [0.4, 0.5) is 0 Å². The second-order valence-electron chi connectivity index (χ2n) is 3.73. The molecule has 1 heterocycles. The molecule has 0 spiro atoms. The zero-order valence-electron chi connectivity index (χ0n) is 8.40. The van der Waals surface area contributed by atoms with Crippen molar-refractivity contribution in [3.8, 4) is 6.07 Å². The first-order valence-electron chi connectivity index (χ1n) is 5.05. The Balaban J connectivity index is 2.16. The molecule has 1 unspecified atom stereocenters. The topological polar surface area (TPSA) is 27.0 Å². The highest BCUT2D eigenvalue weighted by Crippen LogP contribution is 2.24. The third-order valence-corrected chi connectivity index (χ3v) is 2.84. The van der Waals surface area contributed by atoms with Gasteiger partial charge in [-0.3, -0.25) is 4.90 Å². The van der Waals surface area contributed by atoms with Crippen molar-refractivity contribution in [2.24, 2.45) is 0 Å². The fourth-order valence-corrected chi connectivity index (χ4v) is 2.01. The number of nitriles is 1. The van der Waals surface area contributed by atoms with Crippen LogP contribution in [-0.4, -0.2) is 10.9 Å². The summed E-state index contributed by atoms with van der Waals surface area (Å²) in [7, 11) is 0. The minimum Gasteiger partial charge on any atom is -0.279 e. The Morgan fingerprint density at radius 3 is 2.36 bits per heavy atom. The van der Waals surface area contributed by atoms with Gasteiger partial charge in [-0.2, -0.15) is 5.26 Å². The van der Waals surface area contributed by atoms with Crippen LogP contribution in [-0.2, 0) is 13.1 Å². The van der Waals surface area contributed by atoms with Gasteiger partial charge in [0, 0.05) is 13.1 Å². The van der Waals surface area contributed by atoms with E-state index in [9.17, 15) is 0 Å². The molecule has 0 N–H and O–H groups in total. The summed E-state index contributed by atoms with van der Waals surface area (Å²) in [6.45, 7) is 3.93. The van der Waals surface area contributed by atoms with Crippen molar-refractivity contribution in [1.29, 1.82) is 5.26 Å². The molecule has 2 nitrogen and oxygen atoms in total. The quantitative estimate of drug-likeness (QED) is 0.708. The van der Waals surface area contributed by atoms with Crippen LogP contribution in [0.2, 0.25) is 0 Å². The monoisotopic (exact) mass is 186 g/mol. The van der Waals surface area contributed by atoms with E-state index in [2.05, 4.69) is 42.2 Å². The van der Waals surface area contributed by atoms with E-state index in [1.54, 1.807) is 0 Å². The lowest BCUT2D eigenvalue weighted by Crippen LogP contribution is -2.28. The van der Waals surface area contributed by atoms with Gasteiger partial charge in [0.15, 0.2) is 0 Å². The largest absolute Gasteiger partial charge is 0.279 e. The number of benzene rings is 1. The number of fused-ring (bicyclic) bond motifs is 1. The SMILES string of the molecule is CCC(C#N)N1Cc2ccccc2C1. The lowest BCUT2D eigenvalue weighted by molar-refractivity contribution is 0.235. The number of nitrogens with zero attached hydrogens (tertiary/aromatic N) is 2. The van der Waals surface area contributed by atoms with E-state index >= 15 is 0 Å². The Bertz CT molecular complexity index is 340. The third-order valence-electron chi connectivity index (χ3n) is 2.84. The van der Waals surface area contributed by atoms with Gasteiger partial charge in [-0.05, 0) is 17.5 Å². The Kier molecular flexibility index (Phi) is 2.51. The zero-order chi connectivity index (χ0) is 9.97. The number of hydrogen-bond donors (Lipinski definition) is 0. The molecule has 0 fully saturated rings. The Morgan fingerprint density at radius 1 is 1.36 bits per heavy atom. The fraction of sp³-hybridized carbons (Fsp3) is 0.417. The van der Waals surface area contributed by atoms with E-state index in [0.717, 1.165) is 19.5 Å². The Morgan fingerprint density at radius 2 is 1.93 bits per heavy atom. The first kappa shape index (κ1) is 9.23. The van der Waals surface area contributed by atoms with Crippen molar-refractivity contribution in [1.82, 2.24) is 4.90 Å². The predicted octanol–water partition coefficient (Wildman–Crippen LogP) is 2.30. The molecule has 2 rings (SSSR count). The van der Waals surface area contributed by atoms with E-state index in [1.165, 1.54) is 11.1 Å². The third kappa shape index (κ3) is 1.51. The molecule has 0 saturated heterocycles. The standard InChI is InChI=1S/C12H14N2/c1-2-12(7-13)14-8-10-5-3-4-6-11(10)9-14/h3-6,12H,2,8-9H2,1H3. The van der Waals surface area contributed by atoms with Gasteiger partial charge in [0.05, 0.1) is 12.1 Å². The average Bonchev–Trinajstić information content (AvgIpc) is 2.63. The molecule has 1 aromatic carbocycles. The molecule has 0 radical (unpaired) electrons. The van der Waals surface area contributed by atoms with Gasteiger partial charge in [-0.1, -0.05) is 31.2 Å². The maximum absolute atomic E-state index is 8.97. The molecule has 0 aliphatic carbocycles. The zero-order valence-corrected chi connectivity index (χ0v) is 8.40. The lowest BCUT2D eigenvalue weighted by Gasteiger charge is -2.19. The van der Waals surface area contributed by atoms with E-state index in [0.29, 0.717) is 0 Å². The van der Waals surface area contributed by atoms with Gasteiger partial charge >= 0.3 is 0 Å². The van der Waals surface area contributed by atoms with Gasteiger partial charge in [0.2, 0.25) is 0 Å². The van der Waals surface area contributed by atoms with Crippen LogP contribution in [0.15, 0.2) is 24.3 Å². The summed E-state index contributed by atoms with van der Waals surface area (Å²) in [5.74, 6) is 0. The van der Waals surface area contributed by atoms with Crippen molar-refractivity contribution >= 4 is 0 Å². The molecular weight excluding hydrogens is 172 g/mol. The molecule has 1 aromatic rings. The summed E-state index contributed by atoms with van der Waals surface area (Å²) in [5, 5.41) is 8.97. The van der Waals surface area contributed by atoms with Crippen LogP contribution < -0.4 is 0 Å². The first-order valence-corrected chi connectivity index (χ1v) is 5.05. The van der Waals surface area contributed by atoms with Gasteiger partial charge in [-0.15, -0.1) is 0 Å². The smallest absolute Gasteiger partial charge is 0.0981 e. The molecule has 14 heavy (non-hydrogen) atoms. The highest BCUT2D eigenvalue weighted by atomic mass is 15.2. The molecular formula is C12H14N2. The minimum atomic E-state index is 0.0717. The average molecular weight is 186 g/mol. The maximum atomic E-state index is 8.97. The molecule has 72 valence electrons.